The lowest BCUT2D eigenvalue weighted by Crippen LogP contribution is -2.37. The predicted molar refractivity (Wildman–Crippen MR) is 109 cm³/mol. The Balaban J connectivity index is 1.46. The second-order valence-corrected chi connectivity index (χ2v) is 7.74. The lowest BCUT2D eigenvalue weighted by molar-refractivity contribution is -0.126. The second-order valence-electron chi connectivity index (χ2n) is 7.38. The zero-order valence-corrected chi connectivity index (χ0v) is 16.9. The summed E-state index contributed by atoms with van der Waals surface area (Å²) in [7, 11) is 0. The van der Waals surface area contributed by atoms with E-state index in [1.807, 2.05) is 30.3 Å². The summed E-state index contributed by atoms with van der Waals surface area (Å²) >= 11 is 5.97. The standard InChI is InChI=1S/C21H25ClN4O3/c22-19-18(23-10-11-24-19)12-25-20(27)17-8-6-16(7-9-17)14-26(21(28)29)13-15-4-2-1-3-5-15/h1-5,10-11,16-17H,6-9,12-14H2,(H,25,27)(H,28,29)/t16-,17-. The molecule has 0 aliphatic heterocycles. The van der Waals surface area contributed by atoms with Crippen molar-refractivity contribution in [2.45, 2.75) is 38.8 Å². The van der Waals surface area contributed by atoms with Gasteiger partial charge in [0.05, 0.1) is 12.2 Å². The van der Waals surface area contributed by atoms with Crippen LogP contribution < -0.4 is 5.32 Å². The molecule has 7 nitrogen and oxygen atoms in total. The third-order valence-corrected chi connectivity index (χ3v) is 5.65. The number of carboxylic acid groups (broad SMARTS) is 1. The van der Waals surface area contributed by atoms with Gasteiger partial charge in [0.1, 0.15) is 0 Å². The zero-order valence-electron chi connectivity index (χ0n) is 16.1. The lowest BCUT2D eigenvalue weighted by atomic mass is 9.81. The highest BCUT2D eigenvalue weighted by molar-refractivity contribution is 6.29. The van der Waals surface area contributed by atoms with E-state index in [0.29, 0.717) is 23.9 Å². The minimum Gasteiger partial charge on any atom is -0.465 e. The largest absolute Gasteiger partial charge is 0.465 e. The fraction of sp³-hybridized carbons (Fsp3) is 0.429. The van der Waals surface area contributed by atoms with E-state index >= 15 is 0 Å². The van der Waals surface area contributed by atoms with Crippen molar-refractivity contribution in [3.63, 3.8) is 0 Å². The van der Waals surface area contributed by atoms with Gasteiger partial charge in [0, 0.05) is 31.4 Å². The maximum atomic E-state index is 12.5. The average Bonchev–Trinajstić information content (AvgIpc) is 2.73. The fourth-order valence-corrected chi connectivity index (χ4v) is 3.89. The molecule has 1 heterocycles. The number of aromatic nitrogens is 2. The SMILES string of the molecule is O=C(O)N(Cc1ccccc1)C[C@H]1CC[C@H](C(=O)NCc2nccnc2Cl)CC1. The Hall–Kier alpha value is -2.67. The smallest absolute Gasteiger partial charge is 0.407 e. The molecule has 1 aromatic carbocycles. The number of amides is 2. The molecule has 0 atom stereocenters. The summed E-state index contributed by atoms with van der Waals surface area (Å²) in [6, 6.07) is 9.60. The molecule has 29 heavy (non-hydrogen) atoms. The van der Waals surface area contributed by atoms with Crippen LogP contribution in [0.3, 0.4) is 0 Å². The van der Waals surface area contributed by atoms with Crippen molar-refractivity contribution in [2.75, 3.05) is 6.54 Å². The third-order valence-electron chi connectivity index (χ3n) is 5.34. The molecule has 0 saturated heterocycles. The lowest BCUT2D eigenvalue weighted by Gasteiger charge is -2.31. The highest BCUT2D eigenvalue weighted by Gasteiger charge is 2.28. The summed E-state index contributed by atoms with van der Waals surface area (Å²) in [5.74, 6) is 0.201. The van der Waals surface area contributed by atoms with Crippen LogP contribution in [0, 0.1) is 11.8 Å². The van der Waals surface area contributed by atoms with Crippen molar-refractivity contribution in [3.05, 3.63) is 59.1 Å². The Kier molecular flexibility index (Phi) is 7.41. The molecular formula is C21H25ClN4O3. The molecule has 1 fully saturated rings. The number of nitrogens with one attached hydrogen (secondary N) is 1. The van der Waals surface area contributed by atoms with E-state index < -0.39 is 6.09 Å². The summed E-state index contributed by atoms with van der Waals surface area (Å²) in [4.78, 5) is 33.6. The van der Waals surface area contributed by atoms with E-state index in [1.54, 1.807) is 6.20 Å². The van der Waals surface area contributed by atoms with Gasteiger partial charge >= 0.3 is 6.09 Å². The molecule has 1 saturated carbocycles. The average molecular weight is 417 g/mol. The van der Waals surface area contributed by atoms with Gasteiger partial charge in [-0.05, 0) is 37.2 Å². The molecule has 1 aliphatic rings. The van der Waals surface area contributed by atoms with Gasteiger partial charge in [-0.25, -0.2) is 9.78 Å². The topological polar surface area (TPSA) is 95.4 Å². The van der Waals surface area contributed by atoms with Gasteiger partial charge in [-0.1, -0.05) is 41.9 Å². The summed E-state index contributed by atoms with van der Waals surface area (Å²) in [6.45, 7) is 1.14. The van der Waals surface area contributed by atoms with Crippen molar-refractivity contribution in [2.24, 2.45) is 11.8 Å². The van der Waals surface area contributed by atoms with Crippen LogP contribution in [0.4, 0.5) is 4.79 Å². The predicted octanol–water partition coefficient (Wildman–Crippen LogP) is 3.73. The van der Waals surface area contributed by atoms with Crippen LogP contribution in [-0.4, -0.2) is 38.5 Å². The monoisotopic (exact) mass is 416 g/mol. The molecule has 154 valence electrons. The first-order valence-corrected chi connectivity index (χ1v) is 10.2. The fourth-order valence-electron chi connectivity index (χ4n) is 3.72. The molecule has 1 aliphatic carbocycles. The number of carbonyl (C=O) groups is 2. The number of hydrogen-bond donors (Lipinski definition) is 2. The van der Waals surface area contributed by atoms with Crippen LogP contribution >= 0.6 is 11.6 Å². The molecule has 0 bridgehead atoms. The Morgan fingerprint density at radius 2 is 1.79 bits per heavy atom. The Morgan fingerprint density at radius 1 is 1.10 bits per heavy atom. The number of carbonyl (C=O) groups excluding carboxylic acids is 1. The van der Waals surface area contributed by atoms with Crippen molar-refractivity contribution < 1.29 is 14.7 Å². The third kappa shape index (κ3) is 6.15. The van der Waals surface area contributed by atoms with Gasteiger partial charge in [0.2, 0.25) is 5.91 Å². The second kappa shape index (κ2) is 10.2. The first-order valence-electron chi connectivity index (χ1n) is 9.78. The maximum Gasteiger partial charge on any atom is 0.407 e. The summed E-state index contributed by atoms with van der Waals surface area (Å²) in [5.41, 5.74) is 1.53. The molecular weight excluding hydrogens is 392 g/mol. The molecule has 0 unspecified atom stereocenters. The Bertz CT molecular complexity index is 826. The van der Waals surface area contributed by atoms with E-state index in [2.05, 4.69) is 15.3 Å². The van der Waals surface area contributed by atoms with Crippen molar-refractivity contribution in [3.8, 4) is 0 Å². The summed E-state index contributed by atoms with van der Waals surface area (Å²) in [6.07, 6.45) is 5.32. The number of hydrogen-bond acceptors (Lipinski definition) is 4. The minimum atomic E-state index is -0.908. The number of benzene rings is 1. The van der Waals surface area contributed by atoms with Crippen LogP contribution in [0.25, 0.3) is 0 Å². The quantitative estimate of drug-likeness (QED) is 0.716. The van der Waals surface area contributed by atoms with E-state index in [9.17, 15) is 14.7 Å². The van der Waals surface area contributed by atoms with Gasteiger partial charge in [-0.2, -0.15) is 0 Å². The highest BCUT2D eigenvalue weighted by Crippen LogP contribution is 2.30. The van der Waals surface area contributed by atoms with Gasteiger partial charge < -0.3 is 15.3 Å². The first kappa shape index (κ1) is 21.0. The summed E-state index contributed by atoms with van der Waals surface area (Å²) < 4.78 is 0. The van der Waals surface area contributed by atoms with E-state index in [4.69, 9.17) is 11.6 Å². The summed E-state index contributed by atoms with van der Waals surface area (Å²) in [5, 5.41) is 12.7. The van der Waals surface area contributed by atoms with Gasteiger partial charge in [0.25, 0.3) is 0 Å². The molecule has 1 aromatic heterocycles. The molecule has 8 heteroatoms. The number of rotatable bonds is 7. The normalized spacial score (nSPS) is 18.8. The van der Waals surface area contributed by atoms with Crippen LogP contribution in [0.1, 0.15) is 36.9 Å². The van der Waals surface area contributed by atoms with Crippen LogP contribution in [0.5, 0.6) is 0 Å². The highest BCUT2D eigenvalue weighted by atomic mass is 35.5. The van der Waals surface area contributed by atoms with Gasteiger partial charge in [-0.15, -0.1) is 0 Å². The van der Waals surface area contributed by atoms with Crippen LogP contribution in [-0.2, 0) is 17.9 Å². The van der Waals surface area contributed by atoms with E-state index in [-0.39, 0.29) is 24.3 Å². The van der Waals surface area contributed by atoms with Crippen molar-refractivity contribution in [1.82, 2.24) is 20.2 Å². The minimum absolute atomic E-state index is 0.00968. The van der Waals surface area contributed by atoms with Crippen LogP contribution in [0.2, 0.25) is 5.15 Å². The molecule has 2 N–H and O–H groups in total. The number of nitrogens with zero attached hydrogens (tertiary/aromatic N) is 3. The Labute approximate surface area is 175 Å². The zero-order chi connectivity index (χ0) is 20.6. The molecule has 2 aromatic rings. The van der Waals surface area contributed by atoms with Crippen molar-refractivity contribution >= 4 is 23.6 Å². The van der Waals surface area contributed by atoms with E-state index in [0.717, 1.165) is 31.2 Å². The van der Waals surface area contributed by atoms with Crippen molar-refractivity contribution in [1.29, 1.82) is 0 Å². The Morgan fingerprint density at radius 3 is 2.45 bits per heavy atom. The van der Waals surface area contributed by atoms with Crippen LogP contribution in [0.15, 0.2) is 42.7 Å². The molecule has 2 amide bonds. The van der Waals surface area contributed by atoms with E-state index in [1.165, 1.54) is 11.1 Å². The number of halogens is 1. The van der Waals surface area contributed by atoms with Gasteiger partial charge in [0.15, 0.2) is 5.15 Å². The molecule has 0 radical (unpaired) electrons. The van der Waals surface area contributed by atoms with Gasteiger partial charge in [-0.3, -0.25) is 9.78 Å². The molecule has 0 spiro atoms. The first-order chi connectivity index (χ1) is 14.0. The molecule has 3 rings (SSSR count). The maximum absolute atomic E-state index is 12.5.